The number of rotatable bonds is 3. The van der Waals surface area contributed by atoms with Crippen LogP contribution in [0, 0.1) is 5.92 Å². The molecule has 2 aromatic rings. The van der Waals surface area contributed by atoms with Gasteiger partial charge in [0.1, 0.15) is 0 Å². The fourth-order valence-electron chi connectivity index (χ4n) is 2.49. The van der Waals surface area contributed by atoms with Gasteiger partial charge in [0.05, 0.1) is 0 Å². The van der Waals surface area contributed by atoms with Crippen molar-refractivity contribution in [2.45, 2.75) is 12.8 Å². The number of carbonyl (C=O) groups is 1. The first-order chi connectivity index (χ1) is 8.81. The summed E-state index contributed by atoms with van der Waals surface area (Å²) in [6, 6.07) is 7.92. The van der Waals surface area contributed by atoms with E-state index in [2.05, 4.69) is 15.6 Å². The van der Waals surface area contributed by atoms with Crippen molar-refractivity contribution in [2.24, 2.45) is 5.92 Å². The Morgan fingerprint density at radius 3 is 3.05 bits per heavy atom. The first kappa shape index (κ1) is 13.9. The number of anilines is 1. The van der Waals surface area contributed by atoms with Crippen LogP contribution in [0.2, 0.25) is 0 Å². The minimum atomic E-state index is 0. The average Bonchev–Trinajstić information content (AvgIpc) is 2.98. The summed E-state index contributed by atoms with van der Waals surface area (Å²) in [4.78, 5) is 15.0. The summed E-state index contributed by atoms with van der Waals surface area (Å²) in [6.07, 6.45) is 3.61. The van der Waals surface area contributed by atoms with Crippen molar-refractivity contribution in [2.75, 3.05) is 18.4 Å². The van der Waals surface area contributed by atoms with Crippen molar-refractivity contribution in [3.05, 3.63) is 30.5 Å². The van der Waals surface area contributed by atoms with Gasteiger partial charge in [0.25, 0.3) is 0 Å². The topological polar surface area (TPSA) is 56.9 Å². The molecule has 5 heteroatoms. The maximum Gasteiger partial charge on any atom is 0.224 e. The van der Waals surface area contributed by atoms with Crippen LogP contribution in [0.3, 0.4) is 0 Å². The molecule has 1 aliphatic rings. The molecule has 3 N–H and O–H groups in total. The summed E-state index contributed by atoms with van der Waals surface area (Å²) in [5.41, 5.74) is 1.96. The number of benzene rings is 1. The molecule has 1 atom stereocenters. The van der Waals surface area contributed by atoms with E-state index in [0.717, 1.165) is 36.1 Å². The Bertz CT molecular complexity index is 561. The summed E-state index contributed by atoms with van der Waals surface area (Å²) < 4.78 is 0. The summed E-state index contributed by atoms with van der Waals surface area (Å²) in [6.45, 7) is 2.00. The molecule has 102 valence electrons. The summed E-state index contributed by atoms with van der Waals surface area (Å²) in [5, 5.41) is 7.37. The van der Waals surface area contributed by atoms with E-state index < -0.39 is 0 Å². The van der Waals surface area contributed by atoms with Crippen LogP contribution in [0.25, 0.3) is 10.9 Å². The van der Waals surface area contributed by atoms with E-state index in [-0.39, 0.29) is 18.3 Å². The van der Waals surface area contributed by atoms with E-state index in [1.165, 1.54) is 0 Å². The van der Waals surface area contributed by atoms with Gasteiger partial charge < -0.3 is 15.6 Å². The zero-order valence-electron chi connectivity index (χ0n) is 10.6. The van der Waals surface area contributed by atoms with E-state index in [4.69, 9.17) is 0 Å². The molecular formula is C14H18ClN3O. The van der Waals surface area contributed by atoms with Gasteiger partial charge in [-0.2, -0.15) is 0 Å². The summed E-state index contributed by atoms with van der Waals surface area (Å²) >= 11 is 0. The Morgan fingerprint density at radius 2 is 2.26 bits per heavy atom. The van der Waals surface area contributed by atoms with Gasteiger partial charge in [-0.05, 0) is 49.7 Å². The Morgan fingerprint density at radius 1 is 1.37 bits per heavy atom. The third-order valence-corrected chi connectivity index (χ3v) is 3.47. The quantitative estimate of drug-likeness (QED) is 0.809. The number of hydrogen-bond acceptors (Lipinski definition) is 2. The molecule has 1 saturated heterocycles. The SMILES string of the molecule is Cl.O=C(CC1CCNC1)Nc1ccc2[nH]ccc2c1. The fraction of sp³-hybridized carbons (Fsp3) is 0.357. The second-order valence-corrected chi connectivity index (χ2v) is 4.89. The van der Waals surface area contributed by atoms with Crippen LogP contribution < -0.4 is 10.6 Å². The van der Waals surface area contributed by atoms with Gasteiger partial charge in [0, 0.05) is 29.2 Å². The summed E-state index contributed by atoms with van der Waals surface area (Å²) in [7, 11) is 0. The van der Waals surface area contributed by atoms with E-state index in [9.17, 15) is 4.79 Å². The number of halogens is 1. The van der Waals surface area contributed by atoms with Gasteiger partial charge in [0.2, 0.25) is 5.91 Å². The number of H-pyrrole nitrogens is 1. The predicted molar refractivity (Wildman–Crippen MR) is 79.8 cm³/mol. The minimum Gasteiger partial charge on any atom is -0.361 e. The zero-order chi connectivity index (χ0) is 12.4. The van der Waals surface area contributed by atoms with Crippen LogP contribution in [0.5, 0.6) is 0 Å². The van der Waals surface area contributed by atoms with Gasteiger partial charge in [-0.1, -0.05) is 0 Å². The van der Waals surface area contributed by atoms with Crippen molar-refractivity contribution in [3.8, 4) is 0 Å². The Balaban J connectivity index is 0.00000133. The normalized spacial score (nSPS) is 18.2. The molecule has 0 radical (unpaired) electrons. The van der Waals surface area contributed by atoms with Crippen molar-refractivity contribution in [3.63, 3.8) is 0 Å². The van der Waals surface area contributed by atoms with Crippen LogP contribution in [-0.2, 0) is 4.79 Å². The fourth-order valence-corrected chi connectivity index (χ4v) is 2.49. The van der Waals surface area contributed by atoms with Gasteiger partial charge in [0.15, 0.2) is 0 Å². The van der Waals surface area contributed by atoms with E-state index in [0.29, 0.717) is 12.3 Å². The van der Waals surface area contributed by atoms with Crippen LogP contribution in [0.4, 0.5) is 5.69 Å². The molecule has 1 fully saturated rings. The third kappa shape index (κ3) is 3.28. The van der Waals surface area contributed by atoms with Gasteiger partial charge in [-0.25, -0.2) is 0 Å². The minimum absolute atomic E-state index is 0. The van der Waals surface area contributed by atoms with E-state index in [1.54, 1.807) is 0 Å². The van der Waals surface area contributed by atoms with Crippen LogP contribution >= 0.6 is 12.4 Å². The highest BCUT2D eigenvalue weighted by Crippen LogP contribution is 2.19. The third-order valence-electron chi connectivity index (χ3n) is 3.47. The van der Waals surface area contributed by atoms with Crippen LogP contribution in [0.15, 0.2) is 30.5 Å². The average molecular weight is 280 g/mol. The first-order valence-corrected chi connectivity index (χ1v) is 6.39. The van der Waals surface area contributed by atoms with Crippen molar-refractivity contribution >= 4 is 34.9 Å². The number of carbonyl (C=O) groups excluding carboxylic acids is 1. The van der Waals surface area contributed by atoms with E-state index >= 15 is 0 Å². The summed E-state index contributed by atoms with van der Waals surface area (Å²) in [5.74, 6) is 0.597. The predicted octanol–water partition coefficient (Wildman–Crippen LogP) is 2.53. The maximum absolute atomic E-state index is 11.9. The number of aromatic amines is 1. The Hall–Kier alpha value is -1.52. The molecule has 1 amide bonds. The van der Waals surface area contributed by atoms with Gasteiger partial charge in [-0.15, -0.1) is 12.4 Å². The molecule has 0 saturated carbocycles. The maximum atomic E-state index is 11.9. The second kappa shape index (κ2) is 6.08. The van der Waals surface area contributed by atoms with Crippen molar-refractivity contribution in [1.82, 2.24) is 10.3 Å². The Kier molecular flexibility index (Phi) is 4.45. The highest BCUT2D eigenvalue weighted by Gasteiger charge is 2.17. The van der Waals surface area contributed by atoms with Gasteiger partial charge >= 0.3 is 0 Å². The zero-order valence-corrected chi connectivity index (χ0v) is 11.4. The monoisotopic (exact) mass is 279 g/mol. The van der Waals surface area contributed by atoms with Crippen molar-refractivity contribution in [1.29, 1.82) is 0 Å². The number of amides is 1. The lowest BCUT2D eigenvalue weighted by Gasteiger charge is -2.09. The van der Waals surface area contributed by atoms with Crippen LogP contribution in [0.1, 0.15) is 12.8 Å². The lowest BCUT2D eigenvalue weighted by atomic mass is 10.0. The molecule has 1 unspecified atom stereocenters. The molecule has 1 aromatic heterocycles. The lowest BCUT2D eigenvalue weighted by Crippen LogP contribution is -2.18. The molecule has 0 aliphatic carbocycles. The molecule has 0 spiro atoms. The van der Waals surface area contributed by atoms with E-state index in [1.807, 2.05) is 30.5 Å². The first-order valence-electron chi connectivity index (χ1n) is 6.39. The highest BCUT2D eigenvalue weighted by molar-refractivity contribution is 5.93. The molecule has 4 nitrogen and oxygen atoms in total. The van der Waals surface area contributed by atoms with Crippen molar-refractivity contribution < 1.29 is 4.79 Å². The molecule has 19 heavy (non-hydrogen) atoms. The van der Waals surface area contributed by atoms with Gasteiger partial charge in [-0.3, -0.25) is 4.79 Å². The number of nitrogens with one attached hydrogen (secondary N) is 3. The Labute approximate surface area is 118 Å². The number of aromatic nitrogens is 1. The molecular weight excluding hydrogens is 262 g/mol. The number of hydrogen-bond donors (Lipinski definition) is 3. The standard InChI is InChI=1S/C14H17N3O.ClH/c18-14(7-10-3-5-15-9-10)17-12-1-2-13-11(8-12)4-6-16-13;/h1-2,4,6,8,10,15-16H,3,5,7,9H2,(H,17,18);1H. The largest absolute Gasteiger partial charge is 0.361 e. The lowest BCUT2D eigenvalue weighted by molar-refractivity contribution is -0.116. The van der Waals surface area contributed by atoms with Crippen LogP contribution in [-0.4, -0.2) is 24.0 Å². The molecule has 0 bridgehead atoms. The smallest absolute Gasteiger partial charge is 0.224 e. The number of fused-ring (bicyclic) bond motifs is 1. The molecule has 3 rings (SSSR count). The molecule has 1 aliphatic heterocycles. The molecule has 2 heterocycles. The highest BCUT2D eigenvalue weighted by atomic mass is 35.5. The molecule has 1 aromatic carbocycles. The second-order valence-electron chi connectivity index (χ2n) is 4.89.